The van der Waals surface area contributed by atoms with Crippen LogP contribution in [0, 0.1) is 0 Å². The number of rotatable bonds is 8. The summed E-state index contributed by atoms with van der Waals surface area (Å²) in [5, 5.41) is 3.06. The molecule has 106 valence electrons. The molecule has 1 N–H and O–H groups in total. The molecule has 1 aromatic carbocycles. The van der Waals surface area contributed by atoms with Crippen LogP contribution in [0.5, 0.6) is 5.75 Å². The smallest absolute Gasteiger partial charge is 0.344 e. The van der Waals surface area contributed by atoms with Crippen LogP contribution in [-0.2, 0) is 16.1 Å². The quantitative estimate of drug-likeness (QED) is 0.588. The number of benzene rings is 1. The van der Waals surface area contributed by atoms with Gasteiger partial charge in [0.05, 0.1) is 6.61 Å². The monoisotopic (exact) mass is 329 g/mol. The summed E-state index contributed by atoms with van der Waals surface area (Å²) in [5.74, 6) is 0.372. The second-order valence-electron chi connectivity index (χ2n) is 4.15. The Morgan fingerprint density at radius 1 is 1.42 bits per heavy atom. The zero-order valence-corrected chi connectivity index (χ0v) is 13.0. The van der Waals surface area contributed by atoms with Gasteiger partial charge in [0.15, 0.2) is 6.61 Å². The van der Waals surface area contributed by atoms with Gasteiger partial charge in [-0.15, -0.1) is 0 Å². The molecule has 0 aliphatic rings. The largest absolute Gasteiger partial charge is 0.482 e. The first-order chi connectivity index (χ1) is 9.17. The highest BCUT2D eigenvalue weighted by Gasteiger charge is 2.08. The van der Waals surface area contributed by atoms with Gasteiger partial charge in [-0.05, 0) is 31.7 Å². The summed E-state index contributed by atoms with van der Waals surface area (Å²) in [4.78, 5) is 11.5. The fourth-order valence-corrected chi connectivity index (χ4v) is 1.93. The predicted octanol–water partition coefficient (Wildman–Crippen LogP) is 2.89. The van der Waals surface area contributed by atoms with Gasteiger partial charge in [-0.1, -0.05) is 29.3 Å². The zero-order chi connectivity index (χ0) is 14.1. The molecule has 0 aromatic heterocycles. The van der Waals surface area contributed by atoms with E-state index in [0.717, 1.165) is 22.9 Å². The van der Waals surface area contributed by atoms with Gasteiger partial charge in [-0.2, -0.15) is 0 Å². The molecule has 19 heavy (non-hydrogen) atoms. The van der Waals surface area contributed by atoms with E-state index in [9.17, 15) is 4.79 Å². The maximum atomic E-state index is 11.5. The van der Waals surface area contributed by atoms with Crippen LogP contribution in [0.4, 0.5) is 0 Å². The number of esters is 1. The lowest BCUT2D eigenvalue weighted by Gasteiger charge is -2.11. The Bertz CT molecular complexity index is 410. The predicted molar refractivity (Wildman–Crippen MR) is 78.3 cm³/mol. The van der Waals surface area contributed by atoms with Crippen molar-refractivity contribution in [2.75, 3.05) is 20.3 Å². The van der Waals surface area contributed by atoms with Crippen molar-refractivity contribution in [2.45, 2.75) is 26.3 Å². The molecule has 0 heterocycles. The van der Waals surface area contributed by atoms with Crippen molar-refractivity contribution in [3.63, 3.8) is 0 Å². The van der Waals surface area contributed by atoms with Gasteiger partial charge in [0.25, 0.3) is 0 Å². The zero-order valence-electron chi connectivity index (χ0n) is 11.4. The average molecular weight is 330 g/mol. The van der Waals surface area contributed by atoms with Crippen LogP contribution in [0.25, 0.3) is 0 Å². The van der Waals surface area contributed by atoms with Gasteiger partial charge >= 0.3 is 5.97 Å². The molecule has 1 rings (SSSR count). The Kier molecular flexibility index (Phi) is 7.52. The molecule has 0 amide bonds. The van der Waals surface area contributed by atoms with Crippen LogP contribution in [0.2, 0.25) is 0 Å². The molecule has 5 heteroatoms. The lowest BCUT2D eigenvalue weighted by atomic mass is 10.2. The van der Waals surface area contributed by atoms with Crippen molar-refractivity contribution < 1.29 is 14.3 Å². The molecule has 0 aliphatic carbocycles. The Morgan fingerprint density at radius 3 is 2.89 bits per heavy atom. The molecule has 0 bridgehead atoms. The molecule has 4 nitrogen and oxygen atoms in total. The van der Waals surface area contributed by atoms with Gasteiger partial charge in [0.1, 0.15) is 5.75 Å². The summed E-state index contributed by atoms with van der Waals surface area (Å²) in [6.45, 7) is 3.14. The second-order valence-corrected chi connectivity index (χ2v) is 5.06. The van der Waals surface area contributed by atoms with Crippen LogP contribution in [0.1, 0.15) is 25.3 Å². The van der Waals surface area contributed by atoms with Crippen molar-refractivity contribution in [1.29, 1.82) is 0 Å². The fourth-order valence-electron chi connectivity index (χ4n) is 1.53. The summed E-state index contributed by atoms with van der Waals surface area (Å²) in [6.07, 6.45) is 1.89. The van der Waals surface area contributed by atoms with Gasteiger partial charge in [0, 0.05) is 16.6 Å². The molecule has 0 saturated carbocycles. The highest BCUT2D eigenvalue weighted by molar-refractivity contribution is 9.10. The molecule has 0 spiro atoms. The average Bonchev–Trinajstić information content (AvgIpc) is 2.38. The van der Waals surface area contributed by atoms with Crippen LogP contribution in [0.15, 0.2) is 22.7 Å². The van der Waals surface area contributed by atoms with E-state index in [2.05, 4.69) is 28.2 Å². The minimum atomic E-state index is -0.327. The normalized spacial score (nSPS) is 10.3. The lowest BCUT2D eigenvalue weighted by molar-refractivity contribution is -0.146. The van der Waals surface area contributed by atoms with Gasteiger partial charge < -0.3 is 14.8 Å². The van der Waals surface area contributed by atoms with Crippen LogP contribution in [-0.4, -0.2) is 26.2 Å². The summed E-state index contributed by atoms with van der Waals surface area (Å²) in [6, 6.07) is 5.70. The van der Waals surface area contributed by atoms with E-state index in [0.29, 0.717) is 18.9 Å². The SMILES string of the molecule is CCCCOC(=O)COc1ccc(Br)cc1CNC. The van der Waals surface area contributed by atoms with E-state index in [4.69, 9.17) is 9.47 Å². The van der Waals surface area contributed by atoms with Crippen LogP contribution in [0.3, 0.4) is 0 Å². The highest BCUT2D eigenvalue weighted by atomic mass is 79.9. The number of unbranched alkanes of at least 4 members (excludes halogenated alkanes) is 1. The first-order valence-electron chi connectivity index (χ1n) is 6.38. The maximum Gasteiger partial charge on any atom is 0.344 e. The second kappa shape index (κ2) is 8.93. The number of hydrogen-bond acceptors (Lipinski definition) is 4. The van der Waals surface area contributed by atoms with E-state index in [-0.39, 0.29) is 12.6 Å². The van der Waals surface area contributed by atoms with E-state index in [1.807, 2.05) is 25.2 Å². The van der Waals surface area contributed by atoms with E-state index in [1.165, 1.54) is 0 Å². The molecule has 0 radical (unpaired) electrons. The summed E-state index contributed by atoms with van der Waals surface area (Å²) in [5.41, 5.74) is 0.998. The van der Waals surface area contributed by atoms with Gasteiger partial charge in [0.2, 0.25) is 0 Å². The molecule has 0 atom stereocenters. The Morgan fingerprint density at radius 2 is 2.21 bits per heavy atom. The summed E-state index contributed by atoms with van der Waals surface area (Å²) in [7, 11) is 1.86. The molecular formula is C14H20BrNO3. The number of halogens is 1. The Labute approximate surface area is 122 Å². The van der Waals surface area contributed by atoms with Crippen molar-refractivity contribution in [2.24, 2.45) is 0 Å². The molecule has 1 aromatic rings. The molecule has 0 saturated heterocycles. The van der Waals surface area contributed by atoms with Gasteiger partial charge in [-0.3, -0.25) is 0 Å². The highest BCUT2D eigenvalue weighted by Crippen LogP contribution is 2.23. The first kappa shape index (κ1) is 16.0. The van der Waals surface area contributed by atoms with Crippen molar-refractivity contribution >= 4 is 21.9 Å². The number of hydrogen-bond donors (Lipinski definition) is 1. The third-order valence-corrected chi connectivity index (χ3v) is 2.99. The number of ether oxygens (including phenoxy) is 2. The molecule has 0 aliphatic heterocycles. The number of carbonyl (C=O) groups excluding carboxylic acids is 1. The number of carbonyl (C=O) groups is 1. The summed E-state index contributed by atoms with van der Waals surface area (Å²) >= 11 is 3.41. The Hall–Kier alpha value is -1.07. The van der Waals surface area contributed by atoms with Crippen molar-refractivity contribution in [3.05, 3.63) is 28.2 Å². The third-order valence-electron chi connectivity index (χ3n) is 2.50. The maximum absolute atomic E-state index is 11.5. The first-order valence-corrected chi connectivity index (χ1v) is 7.18. The lowest BCUT2D eigenvalue weighted by Crippen LogP contribution is -2.16. The Balaban J connectivity index is 2.50. The van der Waals surface area contributed by atoms with Gasteiger partial charge in [-0.25, -0.2) is 4.79 Å². The number of nitrogens with one attached hydrogen (secondary N) is 1. The topological polar surface area (TPSA) is 47.6 Å². The minimum Gasteiger partial charge on any atom is -0.482 e. The standard InChI is InChI=1S/C14H20BrNO3/c1-3-4-7-18-14(17)10-19-13-6-5-12(15)8-11(13)9-16-2/h5-6,8,16H,3-4,7,9-10H2,1-2H3. The molecular weight excluding hydrogens is 310 g/mol. The molecule has 0 unspecified atom stereocenters. The van der Waals surface area contributed by atoms with E-state index in [1.54, 1.807) is 0 Å². The van der Waals surface area contributed by atoms with E-state index >= 15 is 0 Å². The van der Waals surface area contributed by atoms with Crippen LogP contribution >= 0.6 is 15.9 Å². The van der Waals surface area contributed by atoms with Crippen LogP contribution < -0.4 is 10.1 Å². The summed E-state index contributed by atoms with van der Waals surface area (Å²) < 4.78 is 11.5. The third kappa shape index (κ3) is 6.07. The minimum absolute atomic E-state index is 0.0535. The van der Waals surface area contributed by atoms with E-state index < -0.39 is 0 Å². The van der Waals surface area contributed by atoms with Crippen molar-refractivity contribution in [3.8, 4) is 5.75 Å². The molecule has 0 fully saturated rings. The fraction of sp³-hybridized carbons (Fsp3) is 0.500. The van der Waals surface area contributed by atoms with Crippen molar-refractivity contribution in [1.82, 2.24) is 5.32 Å².